The molecule has 2 heterocycles. The zero-order valence-electron chi connectivity index (χ0n) is 13.4. The molecule has 0 bridgehead atoms. The van der Waals surface area contributed by atoms with Gasteiger partial charge in [-0.3, -0.25) is 0 Å². The summed E-state index contributed by atoms with van der Waals surface area (Å²) in [4.78, 5) is 4.91. The summed E-state index contributed by atoms with van der Waals surface area (Å²) in [6.07, 6.45) is 4.47. The number of rotatable bonds is 4. The van der Waals surface area contributed by atoms with E-state index in [4.69, 9.17) is 0 Å². The van der Waals surface area contributed by atoms with Crippen LogP contribution >= 0.6 is 11.8 Å². The summed E-state index contributed by atoms with van der Waals surface area (Å²) < 4.78 is 0. The first-order chi connectivity index (χ1) is 11.3. The highest BCUT2D eigenvalue weighted by Gasteiger charge is 2.38. The molecule has 0 aromatic heterocycles. The van der Waals surface area contributed by atoms with E-state index in [2.05, 4.69) is 41.3 Å². The first-order valence-electron chi connectivity index (χ1n) is 8.59. The minimum Gasteiger partial charge on any atom is -0.380 e. The molecule has 2 nitrogen and oxygen atoms in total. The molecular formula is C20H23NOS. The molecule has 2 aliphatic heterocycles. The predicted molar refractivity (Wildman–Crippen MR) is 94.9 cm³/mol. The monoisotopic (exact) mass is 325 g/mol. The van der Waals surface area contributed by atoms with Gasteiger partial charge in [-0.1, -0.05) is 48.2 Å². The van der Waals surface area contributed by atoms with Crippen LogP contribution in [-0.2, 0) is 5.60 Å². The average Bonchev–Trinajstić information content (AvgIpc) is 3.09. The third-order valence-electron chi connectivity index (χ3n) is 5.10. The molecule has 0 aliphatic carbocycles. The van der Waals surface area contributed by atoms with Crippen molar-refractivity contribution in [1.82, 2.24) is 4.90 Å². The van der Waals surface area contributed by atoms with Crippen LogP contribution in [0.4, 0.5) is 0 Å². The molecule has 120 valence electrons. The zero-order chi connectivity index (χ0) is 15.7. The molecule has 3 heteroatoms. The highest BCUT2D eigenvalue weighted by Crippen LogP contribution is 2.49. The highest BCUT2D eigenvalue weighted by atomic mass is 32.2. The topological polar surface area (TPSA) is 23.5 Å². The van der Waals surface area contributed by atoms with Gasteiger partial charge in [0.05, 0.1) is 0 Å². The second-order valence-electron chi connectivity index (χ2n) is 6.61. The summed E-state index contributed by atoms with van der Waals surface area (Å²) in [5.41, 5.74) is 1.30. The van der Waals surface area contributed by atoms with Gasteiger partial charge >= 0.3 is 0 Å². The Labute approximate surface area is 142 Å². The van der Waals surface area contributed by atoms with Crippen molar-refractivity contribution in [2.24, 2.45) is 0 Å². The van der Waals surface area contributed by atoms with Gasteiger partial charge in [-0.2, -0.15) is 0 Å². The molecule has 2 aliphatic rings. The summed E-state index contributed by atoms with van der Waals surface area (Å²) in [7, 11) is 0. The molecule has 0 amide bonds. The van der Waals surface area contributed by atoms with Gasteiger partial charge in [-0.05, 0) is 57.5 Å². The van der Waals surface area contributed by atoms with E-state index in [1.807, 2.05) is 12.1 Å². The normalized spacial score (nSPS) is 19.3. The maximum atomic E-state index is 11.6. The van der Waals surface area contributed by atoms with Crippen LogP contribution in [0, 0.1) is 0 Å². The lowest BCUT2D eigenvalue weighted by Gasteiger charge is -2.36. The number of nitrogens with zero attached hydrogens (tertiary/aromatic N) is 1. The Kier molecular flexibility index (Phi) is 4.18. The van der Waals surface area contributed by atoms with Gasteiger partial charge in [-0.25, -0.2) is 0 Å². The van der Waals surface area contributed by atoms with Crippen molar-refractivity contribution in [3.05, 3.63) is 59.7 Å². The van der Waals surface area contributed by atoms with Crippen LogP contribution in [0.25, 0.3) is 0 Å². The van der Waals surface area contributed by atoms with Gasteiger partial charge < -0.3 is 10.0 Å². The van der Waals surface area contributed by atoms with Crippen molar-refractivity contribution in [3.63, 3.8) is 0 Å². The summed E-state index contributed by atoms with van der Waals surface area (Å²) in [5.74, 6) is 0. The van der Waals surface area contributed by atoms with Crippen molar-refractivity contribution in [2.75, 3.05) is 19.6 Å². The lowest BCUT2D eigenvalue weighted by molar-refractivity contribution is 0.0592. The maximum absolute atomic E-state index is 11.6. The van der Waals surface area contributed by atoms with E-state index >= 15 is 0 Å². The lowest BCUT2D eigenvalue weighted by Crippen LogP contribution is -2.32. The minimum atomic E-state index is -0.849. The molecule has 1 fully saturated rings. The fraction of sp³-hybridized carbons (Fsp3) is 0.400. The Bertz CT molecular complexity index is 648. The van der Waals surface area contributed by atoms with Gasteiger partial charge in [0.15, 0.2) is 0 Å². The number of hydrogen-bond donors (Lipinski definition) is 1. The number of aliphatic hydroxyl groups is 1. The Morgan fingerprint density at radius 1 is 0.913 bits per heavy atom. The average molecular weight is 325 g/mol. The SMILES string of the molecule is OC1(CCCN2CCCC2)c2ccccc2Sc2ccccc21. The van der Waals surface area contributed by atoms with E-state index in [0.29, 0.717) is 0 Å². The van der Waals surface area contributed by atoms with Crippen molar-refractivity contribution in [1.29, 1.82) is 0 Å². The summed E-state index contributed by atoms with van der Waals surface area (Å²) >= 11 is 1.77. The van der Waals surface area contributed by atoms with Crippen molar-refractivity contribution < 1.29 is 5.11 Å². The molecular weight excluding hydrogens is 302 g/mol. The first kappa shape index (κ1) is 15.3. The van der Waals surface area contributed by atoms with E-state index in [1.54, 1.807) is 11.8 Å². The molecule has 2 aromatic carbocycles. The molecule has 23 heavy (non-hydrogen) atoms. The molecule has 4 rings (SSSR count). The third-order valence-corrected chi connectivity index (χ3v) is 6.25. The van der Waals surface area contributed by atoms with Gasteiger partial charge in [0.2, 0.25) is 0 Å². The number of likely N-dealkylation sites (tertiary alicyclic amines) is 1. The van der Waals surface area contributed by atoms with Crippen LogP contribution in [0.15, 0.2) is 58.3 Å². The summed E-state index contributed by atoms with van der Waals surface area (Å²) in [5, 5.41) is 11.6. The largest absolute Gasteiger partial charge is 0.380 e. The molecule has 0 radical (unpaired) electrons. The van der Waals surface area contributed by atoms with Crippen molar-refractivity contribution in [2.45, 2.75) is 41.1 Å². The summed E-state index contributed by atoms with van der Waals surface area (Å²) in [6, 6.07) is 16.6. The Balaban J connectivity index is 1.62. The van der Waals surface area contributed by atoms with Gasteiger partial charge in [0, 0.05) is 20.9 Å². The van der Waals surface area contributed by atoms with E-state index in [0.717, 1.165) is 30.5 Å². The van der Waals surface area contributed by atoms with E-state index in [9.17, 15) is 5.11 Å². The van der Waals surface area contributed by atoms with Crippen LogP contribution in [0.2, 0.25) is 0 Å². The molecule has 2 aromatic rings. The highest BCUT2D eigenvalue weighted by molar-refractivity contribution is 7.99. The van der Waals surface area contributed by atoms with Crippen molar-refractivity contribution in [3.8, 4) is 0 Å². The van der Waals surface area contributed by atoms with E-state index in [-0.39, 0.29) is 0 Å². The molecule has 0 atom stereocenters. The second-order valence-corrected chi connectivity index (χ2v) is 7.69. The number of benzene rings is 2. The van der Waals surface area contributed by atoms with Gasteiger partial charge in [0.1, 0.15) is 5.60 Å². The molecule has 0 spiro atoms. The molecule has 1 saturated heterocycles. The summed E-state index contributed by atoms with van der Waals surface area (Å²) in [6.45, 7) is 3.54. The fourth-order valence-corrected chi connectivity index (χ4v) is 5.12. The second kappa shape index (κ2) is 6.31. The minimum absolute atomic E-state index is 0.790. The van der Waals surface area contributed by atoms with Crippen LogP contribution in [0.1, 0.15) is 36.8 Å². The first-order valence-corrected chi connectivity index (χ1v) is 9.41. The van der Waals surface area contributed by atoms with Gasteiger partial charge in [0.25, 0.3) is 0 Å². The Morgan fingerprint density at radius 3 is 2.09 bits per heavy atom. The fourth-order valence-electron chi connectivity index (χ4n) is 3.89. The van der Waals surface area contributed by atoms with Crippen LogP contribution in [0.3, 0.4) is 0 Å². The molecule has 0 saturated carbocycles. The predicted octanol–water partition coefficient (Wildman–Crippen LogP) is 4.26. The van der Waals surface area contributed by atoms with Crippen molar-refractivity contribution >= 4 is 11.8 Å². The van der Waals surface area contributed by atoms with Crippen LogP contribution in [0.5, 0.6) is 0 Å². The van der Waals surface area contributed by atoms with Gasteiger partial charge in [-0.15, -0.1) is 0 Å². The van der Waals surface area contributed by atoms with E-state index < -0.39 is 5.60 Å². The lowest BCUT2D eigenvalue weighted by atomic mass is 9.82. The number of hydrogen-bond acceptors (Lipinski definition) is 3. The van der Waals surface area contributed by atoms with Crippen LogP contribution in [-0.4, -0.2) is 29.6 Å². The maximum Gasteiger partial charge on any atom is 0.117 e. The van der Waals surface area contributed by atoms with Crippen LogP contribution < -0.4 is 0 Å². The Morgan fingerprint density at radius 2 is 1.48 bits per heavy atom. The smallest absolute Gasteiger partial charge is 0.117 e. The zero-order valence-corrected chi connectivity index (χ0v) is 14.2. The standard InChI is InChI=1S/C20H23NOS/c22-20(12-7-15-21-13-5-6-14-21)16-8-1-3-10-18(16)23-19-11-4-2-9-17(19)20/h1-4,8-11,22H,5-7,12-15H2. The quantitative estimate of drug-likeness (QED) is 0.908. The molecule has 1 N–H and O–H groups in total. The number of fused-ring (bicyclic) bond motifs is 2. The Hall–Kier alpha value is -1.29. The third kappa shape index (κ3) is 2.82. The molecule has 0 unspecified atom stereocenters. The van der Waals surface area contributed by atoms with E-state index in [1.165, 1.54) is 35.7 Å².